The van der Waals surface area contributed by atoms with Crippen molar-refractivity contribution >= 4 is 46.7 Å². The van der Waals surface area contributed by atoms with Crippen LogP contribution in [0.1, 0.15) is 43.4 Å². The number of benzene rings is 2. The highest BCUT2D eigenvalue weighted by atomic mass is 35.5. The third kappa shape index (κ3) is 4.75. The van der Waals surface area contributed by atoms with Gasteiger partial charge < -0.3 is 14.8 Å². The molecule has 1 aliphatic carbocycles. The lowest BCUT2D eigenvalue weighted by Gasteiger charge is -2.32. The van der Waals surface area contributed by atoms with Gasteiger partial charge in [0.1, 0.15) is 12.6 Å². The molecule has 0 bridgehead atoms. The number of rotatable bonds is 7. The Morgan fingerprint density at radius 1 is 1.14 bits per heavy atom. The third-order valence-electron chi connectivity index (χ3n) is 6.00. The average Bonchev–Trinajstić information content (AvgIpc) is 3.26. The Morgan fingerprint density at radius 2 is 2.00 bits per heavy atom. The Hall–Kier alpha value is -2.68. The second-order valence-corrected chi connectivity index (χ2v) is 10.3. The van der Waals surface area contributed by atoms with E-state index in [0.717, 1.165) is 41.0 Å². The monoisotopic (exact) mass is 530 g/mol. The molecule has 0 spiro atoms. The smallest absolute Gasteiger partial charge is 0.227 e. The quantitative estimate of drug-likeness (QED) is 0.358. The molecule has 182 valence electrons. The molecule has 10 heteroatoms. The molecular formula is C25H24Cl2N4O3S. The first kappa shape index (κ1) is 24.0. The van der Waals surface area contributed by atoms with Crippen LogP contribution in [0.25, 0.3) is 0 Å². The van der Waals surface area contributed by atoms with E-state index in [4.69, 9.17) is 37.8 Å². The largest absolute Gasteiger partial charge is 0.493 e. The lowest BCUT2D eigenvalue weighted by Crippen LogP contribution is -2.31. The van der Waals surface area contributed by atoms with Crippen LogP contribution in [0.5, 0.6) is 11.5 Å². The fraction of sp³-hybridized carbons (Fsp3) is 0.320. The third-order valence-corrected chi connectivity index (χ3v) is 7.46. The zero-order valence-electron chi connectivity index (χ0n) is 19.3. The predicted octanol–water partition coefficient (Wildman–Crippen LogP) is 6.31. The number of fused-ring (bicyclic) bond motifs is 1. The Bertz CT molecular complexity index is 1320. The standard InChI is InChI=1S/C25H24Cl2N4O3S/c1-3-35-25-29-24-28-18-5-4-6-19(32)22(18)23(31(24)30-25)15-8-10-20(21(12-15)33-2)34-13-14-7-9-16(26)17(27)11-14/h7-12,23H,3-6,13H2,1-2H3,(H,28,29,30). The van der Waals surface area contributed by atoms with Crippen LogP contribution in [0.3, 0.4) is 0 Å². The number of nitrogens with one attached hydrogen (secondary N) is 1. The lowest BCUT2D eigenvalue weighted by atomic mass is 9.85. The topological polar surface area (TPSA) is 78.3 Å². The van der Waals surface area contributed by atoms with Gasteiger partial charge >= 0.3 is 0 Å². The van der Waals surface area contributed by atoms with Crippen LogP contribution >= 0.6 is 35.0 Å². The van der Waals surface area contributed by atoms with Crippen molar-refractivity contribution in [3.05, 3.63) is 68.8 Å². The highest BCUT2D eigenvalue weighted by molar-refractivity contribution is 7.99. The van der Waals surface area contributed by atoms with Crippen LogP contribution < -0.4 is 14.8 Å². The number of Topliss-reactive ketones (excluding diaryl/α,β-unsaturated/α-hetero) is 1. The van der Waals surface area contributed by atoms with Crippen molar-refractivity contribution in [2.24, 2.45) is 0 Å². The summed E-state index contributed by atoms with van der Waals surface area (Å²) in [5.41, 5.74) is 3.44. The number of anilines is 1. The molecule has 35 heavy (non-hydrogen) atoms. The highest BCUT2D eigenvalue weighted by Gasteiger charge is 2.37. The van der Waals surface area contributed by atoms with Crippen molar-refractivity contribution in [1.29, 1.82) is 0 Å². The van der Waals surface area contributed by atoms with Gasteiger partial charge in [0.2, 0.25) is 11.1 Å². The molecule has 0 saturated carbocycles. The van der Waals surface area contributed by atoms with Gasteiger partial charge in [0.25, 0.3) is 0 Å². The molecule has 2 aromatic carbocycles. The minimum absolute atomic E-state index is 0.133. The summed E-state index contributed by atoms with van der Waals surface area (Å²) < 4.78 is 13.5. The fourth-order valence-electron chi connectivity index (χ4n) is 4.40. The van der Waals surface area contributed by atoms with E-state index >= 15 is 0 Å². The zero-order valence-corrected chi connectivity index (χ0v) is 21.6. The summed E-state index contributed by atoms with van der Waals surface area (Å²) in [7, 11) is 1.60. The molecule has 7 nitrogen and oxygen atoms in total. The van der Waals surface area contributed by atoms with E-state index in [2.05, 4.69) is 17.2 Å². The molecule has 0 fully saturated rings. The number of hydrogen-bond acceptors (Lipinski definition) is 7. The number of ether oxygens (including phenoxy) is 2. The Morgan fingerprint density at radius 3 is 2.77 bits per heavy atom. The van der Waals surface area contributed by atoms with Crippen LogP contribution in [-0.2, 0) is 11.4 Å². The van der Waals surface area contributed by atoms with Crippen LogP contribution in [0.4, 0.5) is 5.95 Å². The van der Waals surface area contributed by atoms with Gasteiger partial charge in [-0.15, -0.1) is 5.10 Å². The zero-order chi connectivity index (χ0) is 24.5. The number of nitrogens with zero attached hydrogens (tertiary/aromatic N) is 3. The number of aromatic nitrogens is 3. The molecule has 3 aromatic rings. The van der Waals surface area contributed by atoms with E-state index in [9.17, 15) is 4.79 Å². The molecule has 2 heterocycles. The maximum absolute atomic E-state index is 13.0. The van der Waals surface area contributed by atoms with Crippen molar-refractivity contribution in [3.8, 4) is 11.5 Å². The Balaban J connectivity index is 1.49. The minimum atomic E-state index is -0.384. The Labute approximate surface area is 217 Å². The van der Waals surface area contributed by atoms with Crippen LogP contribution in [0.2, 0.25) is 10.0 Å². The van der Waals surface area contributed by atoms with Crippen molar-refractivity contribution < 1.29 is 14.3 Å². The van der Waals surface area contributed by atoms with Crippen molar-refractivity contribution in [1.82, 2.24) is 14.8 Å². The van der Waals surface area contributed by atoms with E-state index in [1.807, 2.05) is 28.9 Å². The summed E-state index contributed by atoms with van der Waals surface area (Å²) in [5, 5.41) is 9.73. The number of halogens is 2. The Kier molecular flexibility index (Phi) is 6.95. The number of carbonyl (C=O) groups excluding carboxylic acids is 1. The average molecular weight is 531 g/mol. The summed E-state index contributed by atoms with van der Waals surface area (Å²) in [6.45, 7) is 2.36. The number of allylic oxidation sites excluding steroid dienone is 2. The van der Waals surface area contributed by atoms with Gasteiger partial charge in [-0.25, -0.2) is 4.68 Å². The molecular weight excluding hydrogens is 507 g/mol. The second kappa shape index (κ2) is 10.1. The van der Waals surface area contributed by atoms with Crippen molar-refractivity contribution in [2.75, 3.05) is 18.2 Å². The van der Waals surface area contributed by atoms with Crippen molar-refractivity contribution in [2.45, 2.75) is 44.0 Å². The summed E-state index contributed by atoms with van der Waals surface area (Å²) in [4.78, 5) is 17.7. The molecule has 0 saturated heterocycles. The minimum Gasteiger partial charge on any atom is -0.493 e. The highest BCUT2D eigenvalue weighted by Crippen LogP contribution is 2.42. The summed E-state index contributed by atoms with van der Waals surface area (Å²) >= 11 is 13.7. The number of carbonyl (C=O) groups is 1. The fourth-order valence-corrected chi connectivity index (χ4v) is 5.27. The van der Waals surface area contributed by atoms with E-state index in [-0.39, 0.29) is 11.8 Å². The van der Waals surface area contributed by atoms with Crippen LogP contribution in [0, 0.1) is 0 Å². The predicted molar refractivity (Wildman–Crippen MR) is 138 cm³/mol. The van der Waals surface area contributed by atoms with Gasteiger partial charge in [-0.3, -0.25) is 4.79 Å². The van der Waals surface area contributed by atoms with E-state index in [1.165, 1.54) is 0 Å². The second-order valence-electron chi connectivity index (χ2n) is 8.24. The van der Waals surface area contributed by atoms with Gasteiger partial charge in [0.15, 0.2) is 17.3 Å². The van der Waals surface area contributed by atoms with Crippen molar-refractivity contribution in [3.63, 3.8) is 0 Å². The van der Waals surface area contributed by atoms with E-state index in [1.54, 1.807) is 31.0 Å². The van der Waals surface area contributed by atoms with Gasteiger partial charge in [0.05, 0.1) is 17.2 Å². The lowest BCUT2D eigenvalue weighted by molar-refractivity contribution is -0.116. The van der Waals surface area contributed by atoms with Gasteiger partial charge in [-0.05, 0) is 54.0 Å². The van der Waals surface area contributed by atoms with Gasteiger partial charge in [0, 0.05) is 17.7 Å². The first-order valence-corrected chi connectivity index (χ1v) is 13.1. The van der Waals surface area contributed by atoms with E-state index < -0.39 is 0 Å². The maximum atomic E-state index is 13.0. The number of hydrogen-bond donors (Lipinski definition) is 1. The van der Waals surface area contributed by atoms with Crippen LogP contribution in [-0.4, -0.2) is 33.4 Å². The van der Waals surface area contributed by atoms with E-state index in [0.29, 0.717) is 45.7 Å². The SMILES string of the molecule is CCSc1nc2n(n1)C(c1ccc(OCc3ccc(Cl)c(Cl)c3)c(OC)c1)C1=C(CCCC1=O)N2. The molecule has 1 aliphatic heterocycles. The normalized spacial score (nSPS) is 17.0. The number of ketones is 1. The maximum Gasteiger partial charge on any atom is 0.227 e. The molecule has 1 atom stereocenters. The number of methoxy groups -OCH3 is 1. The molecule has 0 amide bonds. The van der Waals surface area contributed by atoms with Crippen LogP contribution in [0.15, 0.2) is 52.8 Å². The van der Waals surface area contributed by atoms with Gasteiger partial charge in [-0.2, -0.15) is 4.98 Å². The number of thioether (sulfide) groups is 1. The molecule has 0 radical (unpaired) electrons. The molecule has 2 aliphatic rings. The molecule has 1 aromatic heterocycles. The van der Waals surface area contributed by atoms with Gasteiger partial charge in [-0.1, -0.05) is 54.0 Å². The molecule has 1 N–H and O–H groups in total. The molecule has 1 unspecified atom stereocenters. The first-order valence-electron chi connectivity index (χ1n) is 11.4. The summed E-state index contributed by atoms with van der Waals surface area (Å²) in [5.74, 6) is 2.79. The summed E-state index contributed by atoms with van der Waals surface area (Å²) in [6, 6.07) is 10.7. The molecule has 5 rings (SSSR count). The first-order chi connectivity index (χ1) is 17.0. The summed E-state index contributed by atoms with van der Waals surface area (Å²) in [6.07, 6.45) is 2.16.